The minimum absolute atomic E-state index is 0.0263. The fraction of sp³-hybridized carbons (Fsp3) is 0.583. The number of rotatable bonds is 5. The second-order valence-corrected chi connectivity index (χ2v) is 13.7. The predicted molar refractivity (Wildman–Crippen MR) is 137 cm³/mol. The highest BCUT2D eigenvalue weighted by Gasteiger charge is 2.55. The molecule has 4 fully saturated rings. The van der Waals surface area contributed by atoms with Gasteiger partial charge >= 0.3 is 0 Å². The third-order valence-electron chi connectivity index (χ3n) is 8.30. The molecular formula is C24H31N9O2S. The molecule has 0 amide bonds. The van der Waals surface area contributed by atoms with Crippen molar-refractivity contribution in [3.8, 4) is 0 Å². The first-order valence-electron chi connectivity index (χ1n) is 12.4. The van der Waals surface area contributed by atoms with Crippen molar-refractivity contribution in [3.05, 3.63) is 30.4 Å². The standard InChI is InChI=1S/C24H31N9O2S/c1-16-4-17-7-25-22(28-18-8-26-33(9-18)19-5-23(6-19)10-30(2)11-23)29-20(17)21(27-16)31-12-24(13-31)14-32(15-24)36(3,34)35/h4,7-9,19H,5-6,10-15H2,1-3H3,(H,25,28,29). The lowest BCUT2D eigenvalue weighted by Crippen LogP contribution is -2.73. The Morgan fingerprint density at radius 1 is 1.03 bits per heavy atom. The minimum atomic E-state index is -3.12. The van der Waals surface area contributed by atoms with Crippen LogP contribution in [0.15, 0.2) is 24.7 Å². The highest BCUT2D eigenvalue weighted by atomic mass is 32.2. The molecule has 3 aromatic heterocycles. The number of aromatic nitrogens is 5. The highest BCUT2D eigenvalue weighted by Crippen LogP contribution is 2.53. The molecule has 1 saturated carbocycles. The molecular weight excluding hydrogens is 478 g/mol. The van der Waals surface area contributed by atoms with Crippen molar-refractivity contribution >= 4 is 38.4 Å². The summed E-state index contributed by atoms with van der Waals surface area (Å²) in [5, 5.41) is 8.85. The van der Waals surface area contributed by atoms with E-state index in [1.807, 2.05) is 31.6 Å². The Labute approximate surface area is 210 Å². The molecule has 36 heavy (non-hydrogen) atoms. The third kappa shape index (κ3) is 3.57. The summed E-state index contributed by atoms with van der Waals surface area (Å²) < 4.78 is 27.2. The van der Waals surface area contributed by atoms with Crippen molar-refractivity contribution in [2.45, 2.75) is 25.8 Å². The van der Waals surface area contributed by atoms with Crippen LogP contribution in [0.25, 0.3) is 10.9 Å². The molecule has 3 aliphatic heterocycles. The van der Waals surface area contributed by atoms with Gasteiger partial charge in [-0.05, 0) is 38.3 Å². The summed E-state index contributed by atoms with van der Waals surface area (Å²) in [5.41, 5.74) is 3.13. The fourth-order valence-corrected chi connectivity index (χ4v) is 7.72. The van der Waals surface area contributed by atoms with Crippen molar-refractivity contribution in [1.29, 1.82) is 0 Å². The van der Waals surface area contributed by atoms with E-state index in [2.05, 4.69) is 36.9 Å². The van der Waals surface area contributed by atoms with E-state index in [-0.39, 0.29) is 5.41 Å². The molecule has 0 bridgehead atoms. The van der Waals surface area contributed by atoms with Gasteiger partial charge in [0.25, 0.3) is 0 Å². The fourth-order valence-electron chi connectivity index (χ4n) is 6.70. The summed E-state index contributed by atoms with van der Waals surface area (Å²) >= 11 is 0. The Hall–Kier alpha value is -2.83. The normalized spacial score (nSPS) is 23.4. The first-order chi connectivity index (χ1) is 17.1. The number of nitrogens with one attached hydrogen (secondary N) is 1. The van der Waals surface area contributed by atoms with Gasteiger partial charge in [-0.15, -0.1) is 0 Å². The summed E-state index contributed by atoms with van der Waals surface area (Å²) in [6.07, 6.45) is 9.38. The van der Waals surface area contributed by atoms with Crippen LogP contribution in [-0.4, -0.2) is 94.9 Å². The summed E-state index contributed by atoms with van der Waals surface area (Å²) in [5.74, 6) is 1.35. The SMILES string of the molecule is Cc1cc2cnc(Nc3cnn(C4CC5(C4)CN(C)C5)c3)nc2c(N2CC3(C2)CN(S(C)(=O)=O)C3)n1. The van der Waals surface area contributed by atoms with Crippen LogP contribution < -0.4 is 10.2 Å². The van der Waals surface area contributed by atoms with Gasteiger partial charge in [-0.25, -0.2) is 27.7 Å². The molecule has 6 heterocycles. The van der Waals surface area contributed by atoms with E-state index in [9.17, 15) is 8.42 Å². The first kappa shape index (κ1) is 22.4. The molecule has 190 valence electrons. The van der Waals surface area contributed by atoms with E-state index in [1.54, 1.807) is 4.31 Å². The maximum absolute atomic E-state index is 11.8. The van der Waals surface area contributed by atoms with E-state index >= 15 is 0 Å². The zero-order valence-corrected chi connectivity index (χ0v) is 21.7. The Bertz CT molecular complexity index is 1460. The molecule has 1 N–H and O–H groups in total. The zero-order chi connectivity index (χ0) is 24.9. The molecule has 0 unspecified atom stereocenters. The van der Waals surface area contributed by atoms with Crippen molar-refractivity contribution in [2.24, 2.45) is 10.8 Å². The van der Waals surface area contributed by atoms with Crippen LogP contribution in [0.3, 0.4) is 0 Å². The Morgan fingerprint density at radius 3 is 2.47 bits per heavy atom. The number of aryl methyl sites for hydroxylation is 1. The van der Waals surface area contributed by atoms with E-state index < -0.39 is 10.0 Å². The number of fused-ring (bicyclic) bond motifs is 1. The van der Waals surface area contributed by atoms with Gasteiger partial charge in [0.15, 0.2) is 5.82 Å². The largest absolute Gasteiger partial charge is 0.353 e. The van der Waals surface area contributed by atoms with Gasteiger partial charge in [0, 0.05) is 68.2 Å². The highest BCUT2D eigenvalue weighted by molar-refractivity contribution is 7.88. The lowest BCUT2D eigenvalue weighted by Gasteiger charge is -2.59. The second kappa shape index (κ2) is 7.36. The molecule has 2 spiro atoms. The van der Waals surface area contributed by atoms with E-state index in [0.717, 1.165) is 41.2 Å². The molecule has 3 aromatic rings. The summed E-state index contributed by atoms with van der Waals surface area (Å²) in [6, 6.07) is 2.46. The number of nitrogens with zero attached hydrogens (tertiary/aromatic N) is 8. The van der Waals surface area contributed by atoms with Crippen LogP contribution in [0.1, 0.15) is 24.6 Å². The Kier molecular flexibility index (Phi) is 4.57. The van der Waals surface area contributed by atoms with Crippen LogP contribution in [0.4, 0.5) is 17.5 Å². The smallest absolute Gasteiger partial charge is 0.227 e. The number of hydrogen-bond donors (Lipinski definition) is 1. The number of anilines is 3. The quantitative estimate of drug-likeness (QED) is 0.548. The van der Waals surface area contributed by atoms with Crippen LogP contribution in [0, 0.1) is 17.8 Å². The first-order valence-corrected chi connectivity index (χ1v) is 14.3. The van der Waals surface area contributed by atoms with Crippen LogP contribution in [0.5, 0.6) is 0 Å². The van der Waals surface area contributed by atoms with Gasteiger partial charge in [-0.2, -0.15) is 5.10 Å². The van der Waals surface area contributed by atoms with Gasteiger partial charge in [-0.1, -0.05) is 0 Å². The summed E-state index contributed by atoms with van der Waals surface area (Å²) in [6.45, 7) is 7.09. The van der Waals surface area contributed by atoms with Crippen LogP contribution in [-0.2, 0) is 10.0 Å². The van der Waals surface area contributed by atoms with Gasteiger partial charge in [0.05, 0.1) is 24.2 Å². The number of likely N-dealkylation sites (tertiary alicyclic amines) is 1. The van der Waals surface area contributed by atoms with Gasteiger partial charge in [0.2, 0.25) is 16.0 Å². The van der Waals surface area contributed by atoms with Crippen molar-refractivity contribution < 1.29 is 8.42 Å². The van der Waals surface area contributed by atoms with Crippen molar-refractivity contribution in [3.63, 3.8) is 0 Å². The van der Waals surface area contributed by atoms with Crippen molar-refractivity contribution in [2.75, 3.05) is 62.8 Å². The lowest BCUT2D eigenvalue weighted by atomic mass is 9.61. The molecule has 3 saturated heterocycles. The molecule has 7 rings (SSSR count). The molecule has 1 aliphatic carbocycles. The van der Waals surface area contributed by atoms with E-state index in [1.165, 1.54) is 32.2 Å². The number of sulfonamides is 1. The molecule has 12 heteroatoms. The summed E-state index contributed by atoms with van der Waals surface area (Å²) in [4.78, 5) is 18.7. The van der Waals surface area contributed by atoms with Gasteiger partial charge in [-0.3, -0.25) is 4.68 Å². The minimum Gasteiger partial charge on any atom is -0.353 e. The van der Waals surface area contributed by atoms with Crippen LogP contribution >= 0.6 is 0 Å². The molecule has 0 aromatic carbocycles. The molecule has 0 radical (unpaired) electrons. The maximum Gasteiger partial charge on any atom is 0.227 e. The molecule has 4 aliphatic rings. The van der Waals surface area contributed by atoms with Gasteiger partial charge in [0.1, 0.15) is 5.52 Å². The third-order valence-corrected chi connectivity index (χ3v) is 9.50. The second-order valence-electron chi connectivity index (χ2n) is 11.7. The topological polar surface area (TPSA) is 112 Å². The number of pyridine rings is 1. The summed E-state index contributed by atoms with van der Waals surface area (Å²) in [7, 11) is -0.938. The average molecular weight is 510 g/mol. The Balaban J connectivity index is 1.07. The van der Waals surface area contributed by atoms with E-state index in [0.29, 0.717) is 30.5 Å². The maximum atomic E-state index is 11.8. The van der Waals surface area contributed by atoms with Crippen molar-refractivity contribution in [1.82, 2.24) is 33.9 Å². The monoisotopic (exact) mass is 509 g/mol. The zero-order valence-electron chi connectivity index (χ0n) is 20.8. The average Bonchev–Trinajstić information content (AvgIpc) is 3.14. The lowest BCUT2D eigenvalue weighted by molar-refractivity contribution is -0.0786. The van der Waals surface area contributed by atoms with Gasteiger partial charge < -0.3 is 15.1 Å². The van der Waals surface area contributed by atoms with E-state index in [4.69, 9.17) is 9.97 Å². The molecule has 11 nitrogen and oxygen atoms in total. The number of hydrogen-bond acceptors (Lipinski definition) is 9. The predicted octanol–water partition coefficient (Wildman–Crippen LogP) is 1.62. The Morgan fingerprint density at radius 2 is 1.78 bits per heavy atom. The van der Waals surface area contributed by atoms with Crippen LogP contribution in [0.2, 0.25) is 0 Å². The molecule has 0 atom stereocenters.